The average Bonchev–Trinajstić information content (AvgIpc) is 2.22. The summed E-state index contributed by atoms with van der Waals surface area (Å²) >= 11 is 0. The number of rotatable bonds is 6. The Bertz CT molecular complexity index is 299. The van der Waals surface area contributed by atoms with Gasteiger partial charge >= 0.3 is 13.8 Å². The van der Waals surface area contributed by atoms with E-state index in [4.69, 9.17) is 35.3 Å². The van der Waals surface area contributed by atoms with Crippen LogP contribution in [0.5, 0.6) is 0 Å². The summed E-state index contributed by atoms with van der Waals surface area (Å²) in [5.74, 6) is -1.88. The zero-order valence-corrected chi connectivity index (χ0v) is 9.21. The van der Waals surface area contributed by atoms with E-state index in [2.05, 4.69) is 4.52 Å². The number of hydrogen-bond donors (Lipinski definition) is 7. The molecule has 0 aromatic rings. The molecule has 0 aliphatic heterocycles. The van der Waals surface area contributed by atoms with Crippen LogP contribution in [0.25, 0.3) is 0 Å². The fraction of sp³-hybridized carbons (Fsp3) is 0.833. The maximum atomic E-state index is 10.8. The molecule has 0 unspecified atom stereocenters. The molecule has 0 aromatic heterocycles. The first kappa shape index (κ1) is 16.4. The van der Waals surface area contributed by atoms with E-state index in [1.54, 1.807) is 0 Å². The fourth-order valence-electron chi connectivity index (χ4n) is 0.833. The molecule has 0 heterocycles. The molecule has 0 aliphatic rings. The zero-order chi connectivity index (χ0) is 13.8. The standard InChI is InChI=1S/C6H13O10P/c7-1-2(8)3(9)4(10)5(11)6(12)16-17(13,14)15/h2-5,7-11H,1H2,(H2,13,14,15)/t2-,3-,4-,5-/m1/s1. The highest BCUT2D eigenvalue weighted by Gasteiger charge is 2.37. The molecule has 0 fully saturated rings. The minimum absolute atomic E-state index is 0.960. The topological polar surface area (TPSA) is 185 Å². The smallest absolute Gasteiger partial charge is 0.394 e. The van der Waals surface area contributed by atoms with Gasteiger partial charge in [-0.1, -0.05) is 0 Å². The highest BCUT2D eigenvalue weighted by atomic mass is 31.2. The van der Waals surface area contributed by atoms with Crippen molar-refractivity contribution < 1.29 is 49.2 Å². The molecule has 102 valence electrons. The van der Waals surface area contributed by atoms with Crippen LogP contribution in [0.15, 0.2) is 0 Å². The Balaban J connectivity index is 4.54. The summed E-state index contributed by atoms with van der Waals surface area (Å²) in [6.07, 6.45) is -8.71. The maximum Gasteiger partial charge on any atom is 0.527 e. The van der Waals surface area contributed by atoms with Crippen molar-refractivity contribution in [3.05, 3.63) is 0 Å². The third kappa shape index (κ3) is 5.52. The predicted octanol–water partition coefficient (Wildman–Crippen LogP) is -3.94. The zero-order valence-electron chi connectivity index (χ0n) is 8.32. The highest BCUT2D eigenvalue weighted by molar-refractivity contribution is 7.46. The van der Waals surface area contributed by atoms with Crippen LogP contribution in [-0.2, 0) is 13.9 Å². The largest absolute Gasteiger partial charge is 0.527 e. The van der Waals surface area contributed by atoms with Gasteiger partial charge < -0.3 is 30.1 Å². The summed E-state index contributed by atoms with van der Waals surface area (Å²) in [7, 11) is -5.19. The lowest BCUT2D eigenvalue weighted by Crippen LogP contribution is -2.48. The van der Waals surface area contributed by atoms with E-state index >= 15 is 0 Å². The first-order valence-corrected chi connectivity index (χ1v) is 5.75. The molecule has 17 heavy (non-hydrogen) atoms. The SMILES string of the molecule is O=C(OP(=O)(O)O)[C@H](O)[C@H](O)[C@H](O)[C@H](O)CO. The van der Waals surface area contributed by atoms with Gasteiger partial charge in [0.05, 0.1) is 6.61 Å². The Labute approximate surface area is 94.9 Å². The summed E-state index contributed by atoms with van der Waals surface area (Å²) in [4.78, 5) is 27.3. The molecular weight excluding hydrogens is 263 g/mol. The molecule has 0 bridgehead atoms. The second-order valence-electron chi connectivity index (χ2n) is 3.08. The number of aliphatic hydroxyl groups excluding tert-OH is 5. The Morgan fingerprint density at radius 1 is 1.12 bits per heavy atom. The molecular formula is C6H13O10P. The van der Waals surface area contributed by atoms with Gasteiger partial charge in [0.1, 0.15) is 18.3 Å². The molecule has 10 nitrogen and oxygen atoms in total. The van der Waals surface area contributed by atoms with Gasteiger partial charge in [-0.2, -0.15) is 0 Å². The fourth-order valence-corrected chi connectivity index (χ4v) is 1.18. The van der Waals surface area contributed by atoms with Crippen molar-refractivity contribution in [3.8, 4) is 0 Å². The molecule has 7 N–H and O–H groups in total. The molecule has 11 heteroatoms. The van der Waals surface area contributed by atoms with Gasteiger partial charge in [0.2, 0.25) is 0 Å². The van der Waals surface area contributed by atoms with Gasteiger partial charge in [-0.3, -0.25) is 9.79 Å². The molecule has 0 amide bonds. The number of hydrogen-bond acceptors (Lipinski definition) is 8. The van der Waals surface area contributed by atoms with Crippen LogP contribution >= 0.6 is 7.82 Å². The minimum Gasteiger partial charge on any atom is -0.394 e. The van der Waals surface area contributed by atoms with Crippen LogP contribution in [0, 0.1) is 0 Å². The third-order valence-electron chi connectivity index (χ3n) is 1.71. The Hall–Kier alpha value is -0.580. The quantitative estimate of drug-likeness (QED) is 0.236. The van der Waals surface area contributed by atoms with E-state index in [-0.39, 0.29) is 0 Å². The molecule has 0 aliphatic carbocycles. The van der Waals surface area contributed by atoms with Gasteiger partial charge in [0.25, 0.3) is 0 Å². The van der Waals surface area contributed by atoms with Gasteiger partial charge in [0.15, 0.2) is 6.10 Å². The molecule has 0 aromatic carbocycles. The van der Waals surface area contributed by atoms with E-state index in [9.17, 15) is 9.36 Å². The lowest BCUT2D eigenvalue weighted by molar-refractivity contribution is -0.162. The number of phosphoric ester groups is 1. The summed E-state index contributed by atoms with van der Waals surface area (Å²) < 4.78 is 13.7. The van der Waals surface area contributed by atoms with Crippen LogP contribution in [0.2, 0.25) is 0 Å². The summed E-state index contributed by atoms with van der Waals surface area (Å²) in [5.41, 5.74) is 0. The van der Waals surface area contributed by atoms with Gasteiger partial charge in [0, 0.05) is 0 Å². The molecule has 0 rings (SSSR count). The van der Waals surface area contributed by atoms with Crippen LogP contribution in [-0.4, -0.2) is 72.3 Å². The lowest BCUT2D eigenvalue weighted by Gasteiger charge is -2.24. The van der Waals surface area contributed by atoms with E-state index in [1.807, 2.05) is 0 Å². The molecule has 0 saturated heterocycles. The van der Waals surface area contributed by atoms with E-state index in [1.165, 1.54) is 0 Å². The maximum absolute atomic E-state index is 10.8. The van der Waals surface area contributed by atoms with Gasteiger partial charge in [-0.25, -0.2) is 9.36 Å². The molecule has 0 saturated carbocycles. The van der Waals surface area contributed by atoms with Crippen LogP contribution in [0.1, 0.15) is 0 Å². The van der Waals surface area contributed by atoms with Gasteiger partial charge in [-0.15, -0.1) is 0 Å². The number of carbonyl (C=O) groups excluding carboxylic acids is 1. The molecule has 4 atom stereocenters. The van der Waals surface area contributed by atoms with E-state index < -0.39 is 44.8 Å². The Morgan fingerprint density at radius 3 is 1.94 bits per heavy atom. The third-order valence-corrected chi connectivity index (χ3v) is 2.12. The van der Waals surface area contributed by atoms with Crippen LogP contribution < -0.4 is 0 Å². The second kappa shape index (κ2) is 6.38. The monoisotopic (exact) mass is 276 g/mol. The minimum atomic E-state index is -5.19. The van der Waals surface area contributed by atoms with Gasteiger partial charge in [-0.05, 0) is 0 Å². The van der Waals surface area contributed by atoms with Crippen LogP contribution in [0.3, 0.4) is 0 Å². The lowest BCUT2D eigenvalue weighted by atomic mass is 10.0. The second-order valence-corrected chi connectivity index (χ2v) is 4.24. The van der Waals surface area contributed by atoms with E-state index in [0.717, 1.165) is 0 Å². The molecule has 0 spiro atoms. The first-order valence-electron chi connectivity index (χ1n) is 4.22. The first-order chi connectivity index (χ1) is 7.60. The Kier molecular flexibility index (Phi) is 6.16. The number of phosphoric acid groups is 1. The van der Waals surface area contributed by atoms with Crippen molar-refractivity contribution >= 4 is 13.8 Å². The van der Waals surface area contributed by atoms with Crippen LogP contribution in [0.4, 0.5) is 0 Å². The van der Waals surface area contributed by atoms with Crippen molar-refractivity contribution in [2.45, 2.75) is 24.4 Å². The van der Waals surface area contributed by atoms with Crippen molar-refractivity contribution in [3.63, 3.8) is 0 Å². The summed E-state index contributed by atoms with van der Waals surface area (Å²) in [5, 5.41) is 44.6. The predicted molar refractivity (Wildman–Crippen MR) is 49.2 cm³/mol. The van der Waals surface area contributed by atoms with Crippen molar-refractivity contribution in [1.82, 2.24) is 0 Å². The van der Waals surface area contributed by atoms with Crippen molar-refractivity contribution in [2.24, 2.45) is 0 Å². The Morgan fingerprint density at radius 2 is 1.59 bits per heavy atom. The van der Waals surface area contributed by atoms with E-state index in [0.29, 0.717) is 0 Å². The van der Waals surface area contributed by atoms with Crippen molar-refractivity contribution in [1.29, 1.82) is 0 Å². The summed E-state index contributed by atoms with van der Waals surface area (Å²) in [6.45, 7) is -0.960. The number of carbonyl (C=O) groups is 1. The van der Waals surface area contributed by atoms with Crippen molar-refractivity contribution in [2.75, 3.05) is 6.61 Å². The molecule has 0 radical (unpaired) electrons. The highest BCUT2D eigenvalue weighted by Crippen LogP contribution is 2.36. The average molecular weight is 276 g/mol. The summed E-state index contributed by atoms with van der Waals surface area (Å²) in [6, 6.07) is 0. The normalized spacial score (nSPS) is 19.2. The number of aliphatic hydroxyl groups is 5.